The number of imidazole rings is 1. The number of hydrogen-bond donors (Lipinski definition) is 1. The number of rotatable bonds is 1. The molecule has 1 N–H and O–H groups in total. The molecular formula is C8H10F3N3. The zero-order valence-corrected chi connectivity index (χ0v) is 7.43. The minimum absolute atomic E-state index is 0.143. The van der Waals surface area contributed by atoms with Crippen molar-refractivity contribution in [3.63, 3.8) is 0 Å². The zero-order chi connectivity index (χ0) is 10.2. The van der Waals surface area contributed by atoms with Crippen LogP contribution in [0.15, 0.2) is 6.33 Å². The summed E-state index contributed by atoms with van der Waals surface area (Å²) >= 11 is 0. The minimum Gasteiger partial charge on any atom is -0.332 e. The van der Waals surface area contributed by atoms with Gasteiger partial charge in [0.15, 0.2) is 0 Å². The quantitative estimate of drug-likeness (QED) is 0.743. The van der Waals surface area contributed by atoms with E-state index in [0.29, 0.717) is 18.8 Å². The lowest BCUT2D eigenvalue weighted by Crippen LogP contribution is -2.28. The fraction of sp³-hybridized carbons (Fsp3) is 0.625. The topological polar surface area (TPSA) is 29.9 Å². The van der Waals surface area contributed by atoms with Crippen molar-refractivity contribution in [3.8, 4) is 0 Å². The Kier molecular flexibility index (Phi) is 2.22. The number of nitrogens with zero attached hydrogens (tertiary/aromatic N) is 2. The molecule has 2 heterocycles. The first-order valence-corrected chi connectivity index (χ1v) is 4.36. The molecule has 3 nitrogen and oxygen atoms in total. The molecule has 0 saturated carbocycles. The van der Waals surface area contributed by atoms with Gasteiger partial charge in [-0.2, -0.15) is 13.2 Å². The van der Waals surface area contributed by atoms with Gasteiger partial charge in [0.05, 0.1) is 24.1 Å². The highest BCUT2D eigenvalue weighted by atomic mass is 19.4. The summed E-state index contributed by atoms with van der Waals surface area (Å²) in [7, 11) is 0. The maximum atomic E-state index is 12.1. The molecule has 6 heteroatoms. The van der Waals surface area contributed by atoms with Crippen LogP contribution in [0.2, 0.25) is 0 Å². The van der Waals surface area contributed by atoms with E-state index < -0.39 is 12.6 Å². The largest absolute Gasteiger partial charge is 0.394 e. The van der Waals surface area contributed by atoms with Gasteiger partial charge < -0.3 is 9.88 Å². The van der Waals surface area contributed by atoms with E-state index in [9.17, 15) is 13.2 Å². The number of alkyl halides is 3. The fourth-order valence-electron chi connectivity index (χ4n) is 1.59. The summed E-state index contributed by atoms with van der Waals surface area (Å²) in [4.78, 5) is 3.79. The van der Waals surface area contributed by atoms with E-state index in [1.54, 1.807) is 4.57 Å². The van der Waals surface area contributed by atoms with Crippen LogP contribution in [0, 0.1) is 0 Å². The van der Waals surface area contributed by atoms with Crippen LogP contribution in [0.5, 0.6) is 0 Å². The second-order valence-corrected chi connectivity index (χ2v) is 3.30. The number of fused-ring (bicyclic) bond motifs is 1. The molecule has 2 rings (SSSR count). The Balaban J connectivity index is 2.22. The predicted molar refractivity (Wildman–Crippen MR) is 43.7 cm³/mol. The zero-order valence-electron chi connectivity index (χ0n) is 7.43. The molecule has 0 saturated heterocycles. The van der Waals surface area contributed by atoms with E-state index in [1.165, 1.54) is 6.33 Å². The Morgan fingerprint density at radius 2 is 2.29 bits per heavy atom. The van der Waals surface area contributed by atoms with Gasteiger partial charge in [0.1, 0.15) is 0 Å². The van der Waals surface area contributed by atoms with Gasteiger partial charge in [-0.05, 0) is 0 Å². The molecule has 0 atom stereocenters. The molecule has 0 aliphatic carbocycles. The third kappa shape index (κ3) is 1.89. The number of aromatic nitrogens is 2. The first kappa shape index (κ1) is 9.51. The van der Waals surface area contributed by atoms with Crippen LogP contribution >= 0.6 is 0 Å². The Morgan fingerprint density at radius 3 is 3.00 bits per heavy atom. The van der Waals surface area contributed by atoms with E-state index in [1.807, 2.05) is 0 Å². The molecule has 0 aromatic carbocycles. The van der Waals surface area contributed by atoms with E-state index in [4.69, 9.17) is 0 Å². The van der Waals surface area contributed by atoms with Gasteiger partial charge in [0.25, 0.3) is 0 Å². The summed E-state index contributed by atoms with van der Waals surface area (Å²) < 4.78 is 38.1. The second-order valence-electron chi connectivity index (χ2n) is 3.30. The van der Waals surface area contributed by atoms with Gasteiger partial charge >= 0.3 is 6.18 Å². The van der Waals surface area contributed by atoms with Crippen molar-refractivity contribution in [2.75, 3.05) is 6.54 Å². The fourth-order valence-corrected chi connectivity index (χ4v) is 1.59. The molecule has 0 spiro atoms. The third-order valence-corrected chi connectivity index (χ3v) is 2.22. The van der Waals surface area contributed by atoms with Gasteiger partial charge in [-0.25, -0.2) is 4.98 Å². The van der Waals surface area contributed by atoms with Crippen LogP contribution in [0.3, 0.4) is 0 Å². The highest BCUT2D eigenvalue weighted by Gasteiger charge is 2.31. The molecule has 1 aliphatic heterocycles. The summed E-state index contributed by atoms with van der Waals surface area (Å²) in [6.07, 6.45) is -3.62. The number of nitrogens with one attached hydrogen (secondary N) is 1. The van der Waals surface area contributed by atoms with Crippen molar-refractivity contribution in [2.24, 2.45) is 0 Å². The van der Waals surface area contributed by atoms with Crippen molar-refractivity contribution < 1.29 is 13.2 Å². The SMILES string of the molecule is FC(F)(F)Cc1ncn2c1CNCC2. The normalized spacial score (nSPS) is 16.8. The Morgan fingerprint density at radius 1 is 1.50 bits per heavy atom. The molecule has 1 aliphatic rings. The van der Waals surface area contributed by atoms with Gasteiger partial charge in [-0.15, -0.1) is 0 Å². The van der Waals surface area contributed by atoms with Crippen molar-refractivity contribution in [1.29, 1.82) is 0 Å². The van der Waals surface area contributed by atoms with Crippen molar-refractivity contribution >= 4 is 0 Å². The van der Waals surface area contributed by atoms with Gasteiger partial charge in [0, 0.05) is 19.6 Å². The smallest absolute Gasteiger partial charge is 0.332 e. The summed E-state index contributed by atoms with van der Waals surface area (Å²) in [6, 6.07) is 0. The summed E-state index contributed by atoms with van der Waals surface area (Å²) in [5, 5.41) is 3.03. The average Bonchev–Trinajstić information content (AvgIpc) is 2.47. The Labute approximate surface area is 78.9 Å². The first-order chi connectivity index (χ1) is 6.56. The van der Waals surface area contributed by atoms with E-state index >= 15 is 0 Å². The maximum absolute atomic E-state index is 12.1. The maximum Gasteiger partial charge on any atom is 0.394 e. The van der Waals surface area contributed by atoms with Crippen molar-refractivity contribution in [3.05, 3.63) is 17.7 Å². The Hall–Kier alpha value is -1.04. The van der Waals surface area contributed by atoms with Crippen LogP contribution in [0.25, 0.3) is 0 Å². The predicted octanol–water partition coefficient (Wildman–Crippen LogP) is 1.09. The van der Waals surface area contributed by atoms with Gasteiger partial charge in [0.2, 0.25) is 0 Å². The highest BCUT2D eigenvalue weighted by molar-refractivity contribution is 5.15. The molecule has 0 bridgehead atoms. The van der Waals surface area contributed by atoms with E-state index in [-0.39, 0.29) is 5.69 Å². The molecule has 0 fully saturated rings. The lowest BCUT2D eigenvalue weighted by atomic mass is 10.2. The van der Waals surface area contributed by atoms with Crippen LogP contribution in [0.1, 0.15) is 11.4 Å². The first-order valence-electron chi connectivity index (χ1n) is 4.36. The average molecular weight is 205 g/mol. The molecular weight excluding hydrogens is 195 g/mol. The molecule has 0 amide bonds. The monoisotopic (exact) mass is 205 g/mol. The Bertz CT molecular complexity index is 329. The second kappa shape index (κ2) is 3.27. The molecule has 78 valence electrons. The van der Waals surface area contributed by atoms with Gasteiger partial charge in [-0.3, -0.25) is 0 Å². The summed E-state index contributed by atoms with van der Waals surface area (Å²) in [5.41, 5.74) is 0.804. The number of hydrogen-bond acceptors (Lipinski definition) is 2. The molecule has 0 radical (unpaired) electrons. The summed E-state index contributed by atoms with van der Waals surface area (Å²) in [6.45, 7) is 1.96. The molecule has 1 aromatic heterocycles. The van der Waals surface area contributed by atoms with Crippen molar-refractivity contribution in [1.82, 2.24) is 14.9 Å². The van der Waals surface area contributed by atoms with Crippen molar-refractivity contribution in [2.45, 2.75) is 25.7 Å². The standard InChI is InChI=1S/C8H10F3N3/c9-8(10,11)3-6-7-4-12-1-2-14(7)5-13-6/h5,12H,1-4H2. The van der Waals surface area contributed by atoms with Crippen LogP contribution in [-0.2, 0) is 19.5 Å². The lowest BCUT2D eigenvalue weighted by molar-refractivity contribution is -0.127. The minimum atomic E-state index is -4.17. The highest BCUT2D eigenvalue weighted by Crippen LogP contribution is 2.23. The third-order valence-electron chi connectivity index (χ3n) is 2.22. The van der Waals surface area contributed by atoms with Crippen LogP contribution in [-0.4, -0.2) is 22.3 Å². The van der Waals surface area contributed by atoms with E-state index in [2.05, 4.69) is 10.3 Å². The lowest BCUT2D eigenvalue weighted by Gasteiger charge is -2.16. The molecule has 14 heavy (non-hydrogen) atoms. The van der Waals surface area contributed by atoms with Crippen LogP contribution < -0.4 is 5.32 Å². The molecule has 0 unspecified atom stereocenters. The number of halogens is 3. The van der Waals surface area contributed by atoms with Crippen LogP contribution in [0.4, 0.5) is 13.2 Å². The molecule has 1 aromatic rings. The summed E-state index contributed by atoms with van der Waals surface area (Å²) in [5.74, 6) is 0. The van der Waals surface area contributed by atoms with Gasteiger partial charge in [-0.1, -0.05) is 0 Å². The van der Waals surface area contributed by atoms with E-state index in [0.717, 1.165) is 6.54 Å².